The second kappa shape index (κ2) is 11.0. The average molecular weight is 557 g/mol. The third kappa shape index (κ3) is 4.99. The number of amides is 1. The first-order chi connectivity index (χ1) is 19.5. The summed E-state index contributed by atoms with van der Waals surface area (Å²) in [5.74, 6) is 1.62. The zero-order valence-corrected chi connectivity index (χ0v) is 22.9. The van der Waals surface area contributed by atoms with E-state index in [1.807, 2.05) is 66.7 Å². The van der Waals surface area contributed by atoms with Gasteiger partial charge in [-0.2, -0.15) is 0 Å². The lowest BCUT2D eigenvalue weighted by atomic mass is 9.95. The van der Waals surface area contributed by atoms with Crippen molar-refractivity contribution in [2.75, 3.05) is 43.6 Å². The number of benzene rings is 2. The Balaban J connectivity index is 1.44. The van der Waals surface area contributed by atoms with Crippen molar-refractivity contribution in [3.05, 3.63) is 109 Å². The monoisotopic (exact) mass is 556 g/mol. The van der Waals surface area contributed by atoms with Gasteiger partial charge in [-0.05, 0) is 42.8 Å². The number of hydrogen-bond acceptors (Lipinski definition) is 8. The van der Waals surface area contributed by atoms with Crippen LogP contribution in [0.4, 0.5) is 11.6 Å². The second-order valence-corrected chi connectivity index (χ2v) is 10.5. The van der Waals surface area contributed by atoms with Crippen LogP contribution in [0.2, 0.25) is 0 Å². The van der Waals surface area contributed by atoms with Crippen LogP contribution in [0.25, 0.3) is 6.08 Å². The maximum Gasteiger partial charge on any atom is 0.271 e. The van der Waals surface area contributed by atoms with E-state index >= 15 is 0 Å². The SMILES string of the molecule is COc1cccc([C@@H]2C(C(=O)Nc3ccccc3)=C(C)N=c3sc(=Cc4ccc(N5CCOCC5)o4)c(=O)n32)c1. The Labute approximate surface area is 234 Å². The minimum absolute atomic E-state index is 0.251. The van der Waals surface area contributed by atoms with Crippen LogP contribution >= 0.6 is 11.3 Å². The standard InChI is InChI=1S/C30H28N4O5S/c1-19-26(28(35)32-21-8-4-3-5-9-21)27(20-7-6-10-22(17-20)37-2)34-29(36)24(40-30(34)31-19)18-23-11-12-25(39-23)33-13-15-38-16-14-33/h3-12,17-18,27H,13-16H2,1-2H3,(H,32,35)/t27-/m1/s1. The summed E-state index contributed by atoms with van der Waals surface area (Å²) in [6.07, 6.45) is 1.74. The van der Waals surface area contributed by atoms with Gasteiger partial charge in [0.25, 0.3) is 11.5 Å². The number of para-hydroxylation sites is 1. The number of methoxy groups -OCH3 is 1. The molecule has 1 atom stereocenters. The van der Waals surface area contributed by atoms with E-state index in [2.05, 4.69) is 10.2 Å². The Hall–Kier alpha value is -4.41. The summed E-state index contributed by atoms with van der Waals surface area (Å²) in [5.41, 5.74) is 2.08. The number of nitrogens with zero attached hydrogens (tertiary/aromatic N) is 3. The summed E-state index contributed by atoms with van der Waals surface area (Å²) in [6.45, 7) is 4.60. The first-order valence-electron chi connectivity index (χ1n) is 13.0. The summed E-state index contributed by atoms with van der Waals surface area (Å²) < 4.78 is 19.0. The lowest BCUT2D eigenvalue weighted by Crippen LogP contribution is -2.40. The molecule has 204 valence electrons. The van der Waals surface area contributed by atoms with Crippen LogP contribution in [0.3, 0.4) is 0 Å². The summed E-state index contributed by atoms with van der Waals surface area (Å²) in [5, 5.41) is 2.96. The van der Waals surface area contributed by atoms with Gasteiger partial charge in [0, 0.05) is 30.9 Å². The largest absolute Gasteiger partial charge is 0.497 e. The number of anilines is 2. The topological polar surface area (TPSA) is 98.3 Å². The lowest BCUT2D eigenvalue weighted by Gasteiger charge is -2.26. The highest BCUT2D eigenvalue weighted by atomic mass is 32.1. The number of hydrogen-bond donors (Lipinski definition) is 1. The zero-order chi connectivity index (χ0) is 27.6. The molecule has 6 rings (SSSR count). The maximum atomic E-state index is 13.9. The van der Waals surface area contributed by atoms with Crippen LogP contribution in [-0.2, 0) is 9.53 Å². The highest BCUT2D eigenvalue weighted by Gasteiger charge is 2.33. The first-order valence-corrected chi connectivity index (χ1v) is 13.8. The fraction of sp³-hybridized carbons (Fsp3) is 0.233. The molecule has 0 spiro atoms. The molecule has 2 aromatic heterocycles. The zero-order valence-electron chi connectivity index (χ0n) is 22.1. The second-order valence-electron chi connectivity index (χ2n) is 9.45. The Kier molecular flexibility index (Phi) is 7.10. The van der Waals surface area contributed by atoms with Crippen LogP contribution in [0, 0.1) is 0 Å². The minimum Gasteiger partial charge on any atom is -0.497 e. The number of thiazole rings is 1. The molecule has 4 aromatic rings. The number of aromatic nitrogens is 1. The highest BCUT2D eigenvalue weighted by Crippen LogP contribution is 2.32. The smallest absolute Gasteiger partial charge is 0.271 e. The van der Waals surface area contributed by atoms with Crippen molar-refractivity contribution < 1.29 is 18.7 Å². The third-order valence-corrected chi connectivity index (χ3v) is 7.90. The van der Waals surface area contributed by atoms with E-state index in [0.29, 0.717) is 51.0 Å². The van der Waals surface area contributed by atoms with Crippen molar-refractivity contribution in [1.82, 2.24) is 4.57 Å². The van der Waals surface area contributed by atoms with Gasteiger partial charge in [-0.15, -0.1) is 0 Å². The van der Waals surface area contributed by atoms with Crippen molar-refractivity contribution in [2.45, 2.75) is 13.0 Å². The Morgan fingerprint density at radius 3 is 2.67 bits per heavy atom. The molecular weight excluding hydrogens is 528 g/mol. The number of carbonyl (C=O) groups excluding carboxylic acids is 1. The van der Waals surface area contributed by atoms with Crippen molar-refractivity contribution >= 4 is 34.9 Å². The van der Waals surface area contributed by atoms with Crippen molar-refractivity contribution in [3.63, 3.8) is 0 Å². The number of rotatable bonds is 6. The molecule has 1 N–H and O–H groups in total. The van der Waals surface area contributed by atoms with Crippen molar-refractivity contribution in [1.29, 1.82) is 0 Å². The first kappa shape index (κ1) is 25.8. The van der Waals surface area contributed by atoms with E-state index in [9.17, 15) is 9.59 Å². The molecule has 0 unspecified atom stereocenters. The van der Waals surface area contributed by atoms with Crippen LogP contribution in [-0.4, -0.2) is 43.9 Å². The molecule has 1 saturated heterocycles. The molecule has 0 saturated carbocycles. The summed E-state index contributed by atoms with van der Waals surface area (Å²) >= 11 is 1.27. The van der Waals surface area contributed by atoms with Gasteiger partial charge in [-0.25, -0.2) is 4.99 Å². The molecule has 9 nitrogen and oxygen atoms in total. The number of ether oxygens (including phenoxy) is 2. The van der Waals surface area contributed by atoms with E-state index in [4.69, 9.17) is 18.9 Å². The highest BCUT2D eigenvalue weighted by molar-refractivity contribution is 7.07. The van der Waals surface area contributed by atoms with E-state index in [0.717, 1.165) is 24.5 Å². The molecule has 0 aliphatic carbocycles. The molecule has 4 heterocycles. The van der Waals surface area contributed by atoms with Crippen LogP contribution in [0.1, 0.15) is 24.3 Å². The number of nitrogens with one attached hydrogen (secondary N) is 1. The fourth-order valence-corrected chi connectivity index (χ4v) is 5.99. The molecule has 40 heavy (non-hydrogen) atoms. The Morgan fingerprint density at radius 1 is 1.10 bits per heavy atom. The van der Waals surface area contributed by atoms with Gasteiger partial charge in [0.2, 0.25) is 0 Å². The van der Waals surface area contributed by atoms with Gasteiger partial charge in [0.1, 0.15) is 11.5 Å². The molecule has 10 heteroatoms. The predicted octanol–water partition coefficient (Wildman–Crippen LogP) is 3.31. The number of carbonyl (C=O) groups is 1. The average Bonchev–Trinajstić information content (AvgIpc) is 3.57. The van der Waals surface area contributed by atoms with E-state index < -0.39 is 6.04 Å². The number of allylic oxidation sites excluding steroid dienone is 1. The molecule has 0 radical (unpaired) electrons. The molecular formula is C30H28N4O5S. The summed E-state index contributed by atoms with van der Waals surface area (Å²) in [4.78, 5) is 34.9. The quantitative estimate of drug-likeness (QED) is 0.391. The van der Waals surface area contributed by atoms with E-state index in [-0.39, 0.29) is 11.5 Å². The van der Waals surface area contributed by atoms with Gasteiger partial charge in [-0.1, -0.05) is 41.7 Å². The predicted molar refractivity (Wildman–Crippen MR) is 154 cm³/mol. The fourth-order valence-electron chi connectivity index (χ4n) is 4.96. The van der Waals surface area contributed by atoms with E-state index in [1.54, 1.807) is 24.7 Å². The van der Waals surface area contributed by atoms with Crippen molar-refractivity contribution in [3.8, 4) is 5.75 Å². The molecule has 2 aliphatic heterocycles. The molecule has 1 fully saturated rings. The number of furan rings is 1. The van der Waals surface area contributed by atoms with Gasteiger partial charge in [0.15, 0.2) is 10.7 Å². The molecule has 2 aliphatic rings. The van der Waals surface area contributed by atoms with E-state index in [1.165, 1.54) is 11.3 Å². The molecule has 1 amide bonds. The summed E-state index contributed by atoms with van der Waals surface area (Å²) in [6, 6.07) is 19.7. The van der Waals surface area contributed by atoms with Crippen molar-refractivity contribution in [2.24, 2.45) is 4.99 Å². The summed E-state index contributed by atoms with van der Waals surface area (Å²) in [7, 11) is 1.59. The Bertz CT molecular complexity index is 1760. The number of morpholine rings is 1. The number of fused-ring (bicyclic) bond motifs is 1. The van der Waals surface area contributed by atoms with Gasteiger partial charge >= 0.3 is 0 Å². The molecule has 0 bridgehead atoms. The van der Waals surface area contributed by atoms with Gasteiger partial charge < -0.3 is 24.1 Å². The van der Waals surface area contributed by atoms with Crippen LogP contribution in [0.15, 0.2) is 92.2 Å². The third-order valence-electron chi connectivity index (χ3n) is 6.92. The lowest BCUT2D eigenvalue weighted by molar-refractivity contribution is -0.113. The van der Waals surface area contributed by atoms with Crippen LogP contribution in [0.5, 0.6) is 5.75 Å². The minimum atomic E-state index is -0.697. The molecule has 2 aromatic carbocycles. The Morgan fingerprint density at radius 2 is 1.90 bits per heavy atom. The van der Waals surface area contributed by atoms with Crippen LogP contribution < -0.4 is 29.8 Å². The van der Waals surface area contributed by atoms with Gasteiger partial charge in [-0.3, -0.25) is 14.2 Å². The van der Waals surface area contributed by atoms with Gasteiger partial charge in [0.05, 0.1) is 42.2 Å². The normalized spacial score (nSPS) is 17.4. The maximum absolute atomic E-state index is 13.9.